The van der Waals surface area contributed by atoms with Crippen molar-refractivity contribution in [3.8, 4) is 5.75 Å². The zero-order chi connectivity index (χ0) is 15.3. The Hall–Kier alpha value is -2.67. The molecule has 4 rings (SSSR count). The van der Waals surface area contributed by atoms with Crippen LogP contribution >= 0.6 is 11.3 Å². The van der Waals surface area contributed by atoms with Crippen molar-refractivity contribution >= 4 is 33.3 Å². The number of aromatic nitrogens is 2. The minimum Gasteiger partial charge on any atom is -0.506 e. The number of nitrogens with zero attached hydrogens (tertiary/aromatic N) is 2. The summed E-state index contributed by atoms with van der Waals surface area (Å²) in [5.41, 5.74) is 1.03. The molecule has 2 N–H and O–H groups in total. The second kappa shape index (κ2) is 4.67. The molecule has 0 atom stereocenters. The molecule has 2 aromatic heterocycles. The van der Waals surface area contributed by atoms with Crippen molar-refractivity contribution in [1.82, 2.24) is 9.55 Å². The first-order valence-corrected chi connectivity index (χ1v) is 7.63. The normalized spacial score (nSPS) is 12.7. The number of amides is 1. The topological polar surface area (TPSA) is 84.2 Å². The number of carbonyl (C=O) groups excluding carboxylic acids is 1. The van der Waals surface area contributed by atoms with Crippen LogP contribution in [0.5, 0.6) is 5.75 Å². The minimum absolute atomic E-state index is 0.234. The summed E-state index contributed by atoms with van der Waals surface area (Å²) in [6, 6.07) is 5.47. The van der Waals surface area contributed by atoms with Gasteiger partial charge in [0.25, 0.3) is 11.5 Å². The lowest BCUT2D eigenvalue weighted by molar-refractivity contribution is 0.102. The molecule has 0 unspecified atom stereocenters. The van der Waals surface area contributed by atoms with E-state index in [9.17, 15) is 14.7 Å². The average molecular weight is 313 g/mol. The number of para-hydroxylation sites is 1. The maximum Gasteiger partial charge on any atom is 0.267 e. The molecule has 1 aromatic carbocycles. The number of aromatic hydroxyl groups is 1. The molecule has 6 nitrogen and oxygen atoms in total. The Labute approximate surface area is 128 Å². The van der Waals surface area contributed by atoms with Gasteiger partial charge in [0.1, 0.15) is 11.3 Å². The van der Waals surface area contributed by atoms with Crippen LogP contribution in [0.25, 0.3) is 10.9 Å². The molecule has 1 amide bonds. The molecule has 0 fully saturated rings. The number of thiazole rings is 1. The molecule has 0 saturated carbocycles. The highest BCUT2D eigenvalue weighted by molar-refractivity contribution is 7.13. The Morgan fingerprint density at radius 1 is 1.41 bits per heavy atom. The molecule has 7 heteroatoms. The molecule has 0 saturated heterocycles. The van der Waals surface area contributed by atoms with Gasteiger partial charge in [-0.25, -0.2) is 4.98 Å². The molecule has 0 aliphatic carbocycles. The van der Waals surface area contributed by atoms with E-state index in [0.29, 0.717) is 17.1 Å². The molecule has 0 radical (unpaired) electrons. The molecule has 3 heterocycles. The van der Waals surface area contributed by atoms with Gasteiger partial charge >= 0.3 is 0 Å². The van der Waals surface area contributed by atoms with Crippen molar-refractivity contribution < 1.29 is 9.90 Å². The Balaban J connectivity index is 1.93. The average Bonchev–Trinajstić information content (AvgIpc) is 3.14. The zero-order valence-corrected chi connectivity index (χ0v) is 12.2. The molecule has 22 heavy (non-hydrogen) atoms. The summed E-state index contributed by atoms with van der Waals surface area (Å²) in [6.07, 6.45) is 2.28. The standard InChI is InChI=1S/C15H11N3O3S/c19-12-9-3-1-2-8-4-6-18(11(8)9)14(21)10(12)13(20)17-15-16-5-7-22-15/h1-3,5,7,19H,4,6H2,(H,16,17,20). The van der Waals surface area contributed by atoms with E-state index in [-0.39, 0.29) is 11.3 Å². The van der Waals surface area contributed by atoms with E-state index in [2.05, 4.69) is 10.3 Å². The largest absolute Gasteiger partial charge is 0.506 e. The predicted molar refractivity (Wildman–Crippen MR) is 83.6 cm³/mol. The van der Waals surface area contributed by atoms with Gasteiger partial charge in [-0.3, -0.25) is 14.9 Å². The summed E-state index contributed by atoms with van der Waals surface area (Å²) in [5, 5.41) is 15.6. The lowest BCUT2D eigenvalue weighted by Gasteiger charge is -2.10. The SMILES string of the molecule is O=C(Nc1nccs1)c1c(O)c2cccc3c2n(c1=O)CC3. The Morgan fingerprint density at radius 2 is 2.27 bits per heavy atom. The highest BCUT2D eigenvalue weighted by Crippen LogP contribution is 2.32. The number of benzene rings is 1. The number of carbonyl (C=O) groups is 1. The smallest absolute Gasteiger partial charge is 0.267 e. The number of hydrogen-bond acceptors (Lipinski definition) is 5. The Bertz CT molecular complexity index is 960. The fourth-order valence-electron chi connectivity index (χ4n) is 2.87. The van der Waals surface area contributed by atoms with Crippen LogP contribution in [-0.2, 0) is 13.0 Å². The lowest BCUT2D eigenvalue weighted by Crippen LogP contribution is -2.28. The number of hydrogen-bond donors (Lipinski definition) is 2. The third-order valence-corrected chi connectivity index (χ3v) is 4.51. The van der Waals surface area contributed by atoms with Crippen molar-refractivity contribution in [2.45, 2.75) is 13.0 Å². The first-order chi connectivity index (χ1) is 10.7. The number of nitrogens with one attached hydrogen (secondary N) is 1. The van der Waals surface area contributed by atoms with Crippen molar-refractivity contribution in [2.24, 2.45) is 0 Å². The van der Waals surface area contributed by atoms with Crippen molar-refractivity contribution in [3.05, 3.63) is 51.3 Å². The van der Waals surface area contributed by atoms with E-state index >= 15 is 0 Å². The molecular formula is C15H11N3O3S. The number of anilines is 1. The molecule has 1 aliphatic heterocycles. The molecule has 3 aromatic rings. The third kappa shape index (κ3) is 1.75. The first kappa shape index (κ1) is 13.0. The van der Waals surface area contributed by atoms with Crippen molar-refractivity contribution in [1.29, 1.82) is 0 Å². The summed E-state index contributed by atoms with van der Waals surface area (Å²) in [4.78, 5) is 28.9. The van der Waals surface area contributed by atoms with Gasteiger partial charge in [-0.15, -0.1) is 11.3 Å². The van der Waals surface area contributed by atoms with Crippen LogP contribution in [0.3, 0.4) is 0 Å². The van der Waals surface area contributed by atoms with Gasteiger partial charge in [0, 0.05) is 23.5 Å². The van der Waals surface area contributed by atoms with Crippen LogP contribution in [0.2, 0.25) is 0 Å². The summed E-state index contributed by atoms with van der Waals surface area (Å²) < 4.78 is 1.56. The molecular weight excluding hydrogens is 302 g/mol. The summed E-state index contributed by atoms with van der Waals surface area (Å²) in [6.45, 7) is 0.520. The summed E-state index contributed by atoms with van der Waals surface area (Å²) >= 11 is 1.25. The monoisotopic (exact) mass is 313 g/mol. The van der Waals surface area contributed by atoms with Crippen LogP contribution in [-0.4, -0.2) is 20.6 Å². The van der Waals surface area contributed by atoms with E-state index in [1.165, 1.54) is 11.3 Å². The van der Waals surface area contributed by atoms with Crippen LogP contribution in [0, 0.1) is 0 Å². The highest BCUT2D eigenvalue weighted by atomic mass is 32.1. The van der Waals surface area contributed by atoms with Crippen molar-refractivity contribution in [2.75, 3.05) is 5.32 Å². The van der Waals surface area contributed by atoms with Crippen LogP contribution in [0.15, 0.2) is 34.6 Å². The van der Waals surface area contributed by atoms with Gasteiger partial charge in [-0.1, -0.05) is 12.1 Å². The first-order valence-electron chi connectivity index (χ1n) is 6.75. The third-order valence-electron chi connectivity index (χ3n) is 3.83. The van der Waals surface area contributed by atoms with E-state index in [0.717, 1.165) is 17.5 Å². The molecule has 0 bridgehead atoms. The maximum absolute atomic E-state index is 12.6. The summed E-state index contributed by atoms with van der Waals surface area (Å²) in [5.74, 6) is -0.908. The Kier molecular flexibility index (Phi) is 2.77. The van der Waals surface area contributed by atoms with Crippen LogP contribution in [0.4, 0.5) is 5.13 Å². The van der Waals surface area contributed by atoms with Gasteiger partial charge in [-0.2, -0.15) is 0 Å². The number of rotatable bonds is 2. The van der Waals surface area contributed by atoms with Gasteiger partial charge in [0.05, 0.1) is 5.52 Å². The Morgan fingerprint density at radius 3 is 3.05 bits per heavy atom. The van der Waals surface area contributed by atoms with E-state index in [4.69, 9.17) is 0 Å². The van der Waals surface area contributed by atoms with Crippen LogP contribution in [0.1, 0.15) is 15.9 Å². The fourth-order valence-corrected chi connectivity index (χ4v) is 3.39. The second-order valence-corrected chi connectivity index (χ2v) is 5.93. The number of pyridine rings is 1. The second-order valence-electron chi connectivity index (χ2n) is 5.04. The minimum atomic E-state index is -0.639. The zero-order valence-electron chi connectivity index (χ0n) is 11.4. The van der Waals surface area contributed by atoms with E-state index in [1.54, 1.807) is 22.2 Å². The quantitative estimate of drug-likeness (QED) is 0.757. The lowest BCUT2D eigenvalue weighted by atomic mass is 10.1. The van der Waals surface area contributed by atoms with Gasteiger partial charge in [0.15, 0.2) is 5.13 Å². The van der Waals surface area contributed by atoms with Crippen LogP contribution < -0.4 is 10.9 Å². The van der Waals surface area contributed by atoms with Gasteiger partial charge in [-0.05, 0) is 18.1 Å². The van der Waals surface area contributed by atoms with Crippen molar-refractivity contribution in [3.63, 3.8) is 0 Å². The summed E-state index contributed by atoms with van der Waals surface area (Å²) in [7, 11) is 0. The molecule has 110 valence electrons. The van der Waals surface area contributed by atoms with E-state index < -0.39 is 11.5 Å². The highest BCUT2D eigenvalue weighted by Gasteiger charge is 2.26. The van der Waals surface area contributed by atoms with Gasteiger partial charge in [0.2, 0.25) is 0 Å². The molecule has 1 aliphatic rings. The van der Waals surface area contributed by atoms with Gasteiger partial charge < -0.3 is 9.67 Å². The number of aryl methyl sites for hydroxylation is 2. The fraction of sp³-hybridized carbons (Fsp3) is 0.133. The predicted octanol–water partition coefficient (Wildman–Crippen LogP) is 1.97. The maximum atomic E-state index is 12.6. The molecule has 0 spiro atoms. The van der Waals surface area contributed by atoms with E-state index in [1.807, 2.05) is 12.1 Å².